The van der Waals surface area contributed by atoms with Crippen LogP contribution in [0.4, 0.5) is 0 Å². The summed E-state index contributed by atoms with van der Waals surface area (Å²) in [5.41, 5.74) is 0. The minimum Gasteiger partial charge on any atom is -0.425 e. The van der Waals surface area contributed by atoms with Crippen LogP contribution in [0.1, 0.15) is 81.4 Å². The van der Waals surface area contributed by atoms with Crippen LogP contribution in [-0.2, 0) is 0 Å². The lowest BCUT2D eigenvalue weighted by atomic mass is 9.86. The molecule has 2 fully saturated rings. The van der Waals surface area contributed by atoms with Crippen LogP contribution < -0.4 is 0 Å². The molecule has 0 aliphatic heterocycles. The first-order valence-corrected chi connectivity index (χ1v) is 7.36. The number of rotatable bonds is 2. The number of aliphatic hydroxyl groups excluding tert-OH is 1. The van der Waals surface area contributed by atoms with E-state index in [0.717, 1.165) is 31.6 Å². The third-order valence-corrected chi connectivity index (χ3v) is 4.46. The molecule has 0 amide bonds. The van der Waals surface area contributed by atoms with Crippen molar-refractivity contribution in [1.29, 1.82) is 0 Å². The van der Waals surface area contributed by atoms with E-state index < -0.39 is 0 Å². The van der Waals surface area contributed by atoms with Gasteiger partial charge >= 0.3 is 0 Å². The zero-order valence-electron chi connectivity index (χ0n) is 10.8. The van der Waals surface area contributed by atoms with E-state index in [1.807, 2.05) is 0 Å². The van der Waals surface area contributed by atoms with Gasteiger partial charge in [-0.1, -0.05) is 32.1 Å². The van der Waals surface area contributed by atoms with Crippen LogP contribution in [0.25, 0.3) is 0 Å². The molecule has 3 rings (SSSR count). The smallest absolute Gasteiger partial charge is 0.222 e. The Hall–Kier alpha value is -0.900. The van der Waals surface area contributed by atoms with Crippen LogP contribution in [0.15, 0.2) is 4.42 Å². The summed E-state index contributed by atoms with van der Waals surface area (Å²) >= 11 is 0. The summed E-state index contributed by atoms with van der Waals surface area (Å²) in [6.45, 7) is 0. The Morgan fingerprint density at radius 3 is 2.28 bits per heavy atom. The zero-order valence-corrected chi connectivity index (χ0v) is 10.8. The van der Waals surface area contributed by atoms with Gasteiger partial charge in [-0.15, -0.1) is 10.2 Å². The van der Waals surface area contributed by atoms with E-state index >= 15 is 0 Å². The molecule has 1 aromatic heterocycles. The second-order valence-electron chi connectivity index (χ2n) is 5.77. The van der Waals surface area contributed by atoms with E-state index in [9.17, 15) is 5.11 Å². The maximum Gasteiger partial charge on any atom is 0.222 e. The molecule has 1 aromatic rings. The van der Waals surface area contributed by atoms with E-state index in [-0.39, 0.29) is 12.0 Å². The van der Waals surface area contributed by atoms with Crippen LogP contribution in [0.5, 0.6) is 0 Å². The summed E-state index contributed by atoms with van der Waals surface area (Å²) in [6, 6.07) is 0. The highest BCUT2D eigenvalue weighted by molar-refractivity contribution is 5.00. The molecule has 2 saturated carbocycles. The first kappa shape index (κ1) is 12.2. The molecule has 0 saturated heterocycles. The van der Waals surface area contributed by atoms with Crippen molar-refractivity contribution < 1.29 is 9.52 Å². The van der Waals surface area contributed by atoms with Gasteiger partial charge in [-0.2, -0.15) is 0 Å². The molecule has 0 bridgehead atoms. The molecule has 1 N–H and O–H groups in total. The number of nitrogens with zero attached hydrogens (tertiary/aromatic N) is 2. The first-order valence-electron chi connectivity index (χ1n) is 7.36. The summed E-state index contributed by atoms with van der Waals surface area (Å²) in [5.74, 6) is 2.01. The summed E-state index contributed by atoms with van der Waals surface area (Å²) in [5, 5.41) is 18.4. The maximum atomic E-state index is 10.0. The van der Waals surface area contributed by atoms with E-state index in [1.54, 1.807) is 0 Å². The van der Waals surface area contributed by atoms with Gasteiger partial charge in [0.1, 0.15) is 0 Å². The zero-order chi connectivity index (χ0) is 12.4. The van der Waals surface area contributed by atoms with Gasteiger partial charge in [0.25, 0.3) is 0 Å². The standard InChI is InChI=1S/C14H22N2O2/c17-12-9-5-4-8-11(12)14-16-15-13(18-14)10-6-2-1-3-7-10/h10-12,17H,1-9H2. The fourth-order valence-corrected chi connectivity index (χ4v) is 3.31. The summed E-state index contributed by atoms with van der Waals surface area (Å²) in [4.78, 5) is 0. The van der Waals surface area contributed by atoms with Gasteiger partial charge in [0.15, 0.2) is 0 Å². The molecular weight excluding hydrogens is 228 g/mol. The van der Waals surface area contributed by atoms with Gasteiger partial charge in [0.05, 0.1) is 12.0 Å². The molecule has 2 unspecified atom stereocenters. The topological polar surface area (TPSA) is 59.2 Å². The average molecular weight is 250 g/mol. The summed E-state index contributed by atoms with van der Waals surface area (Å²) in [6.07, 6.45) is 10.0. The molecule has 4 heteroatoms. The summed E-state index contributed by atoms with van der Waals surface area (Å²) < 4.78 is 5.85. The Bertz CT molecular complexity index is 385. The van der Waals surface area contributed by atoms with Gasteiger partial charge in [-0.25, -0.2) is 0 Å². The van der Waals surface area contributed by atoms with E-state index in [2.05, 4.69) is 10.2 Å². The van der Waals surface area contributed by atoms with Gasteiger partial charge in [-0.05, 0) is 25.7 Å². The molecule has 4 nitrogen and oxygen atoms in total. The molecule has 2 aliphatic rings. The molecule has 2 aliphatic carbocycles. The second-order valence-corrected chi connectivity index (χ2v) is 5.77. The molecule has 18 heavy (non-hydrogen) atoms. The lowest BCUT2D eigenvalue weighted by Gasteiger charge is -2.24. The lowest BCUT2D eigenvalue weighted by Crippen LogP contribution is -2.22. The predicted molar refractivity (Wildman–Crippen MR) is 67.3 cm³/mol. The molecule has 0 radical (unpaired) electrons. The minimum atomic E-state index is -0.293. The van der Waals surface area contributed by atoms with Gasteiger partial charge < -0.3 is 9.52 Å². The highest BCUT2D eigenvalue weighted by atomic mass is 16.4. The van der Waals surface area contributed by atoms with Crippen LogP contribution in [0.3, 0.4) is 0 Å². The SMILES string of the molecule is OC1CCCCC1c1nnc(C2CCCCC2)o1. The monoisotopic (exact) mass is 250 g/mol. The van der Waals surface area contributed by atoms with Crippen molar-refractivity contribution in [2.24, 2.45) is 0 Å². The number of aliphatic hydroxyl groups is 1. The Labute approximate surface area is 108 Å². The van der Waals surface area contributed by atoms with E-state index in [4.69, 9.17) is 4.42 Å². The first-order chi connectivity index (χ1) is 8.84. The van der Waals surface area contributed by atoms with Crippen LogP contribution in [0, 0.1) is 0 Å². The van der Waals surface area contributed by atoms with Gasteiger partial charge in [0, 0.05) is 5.92 Å². The lowest BCUT2D eigenvalue weighted by molar-refractivity contribution is 0.0930. The molecule has 0 aromatic carbocycles. The van der Waals surface area contributed by atoms with Crippen molar-refractivity contribution in [3.63, 3.8) is 0 Å². The third kappa shape index (κ3) is 2.44. The molecule has 2 atom stereocenters. The van der Waals surface area contributed by atoms with Crippen LogP contribution >= 0.6 is 0 Å². The molecular formula is C14H22N2O2. The predicted octanol–water partition coefficient (Wildman–Crippen LogP) is 3.14. The quantitative estimate of drug-likeness (QED) is 0.876. The van der Waals surface area contributed by atoms with Crippen molar-refractivity contribution in [2.75, 3.05) is 0 Å². The Morgan fingerprint density at radius 2 is 1.50 bits per heavy atom. The van der Waals surface area contributed by atoms with Crippen LogP contribution in [-0.4, -0.2) is 21.4 Å². The maximum absolute atomic E-state index is 10.0. The molecule has 0 spiro atoms. The van der Waals surface area contributed by atoms with Gasteiger partial charge in [-0.3, -0.25) is 0 Å². The van der Waals surface area contributed by atoms with Crippen molar-refractivity contribution in [2.45, 2.75) is 75.7 Å². The average Bonchev–Trinajstić information content (AvgIpc) is 2.90. The number of hydrogen-bond donors (Lipinski definition) is 1. The molecule has 1 heterocycles. The largest absolute Gasteiger partial charge is 0.425 e. The highest BCUT2D eigenvalue weighted by Crippen LogP contribution is 2.36. The Morgan fingerprint density at radius 1 is 0.833 bits per heavy atom. The van der Waals surface area contributed by atoms with Crippen molar-refractivity contribution in [1.82, 2.24) is 10.2 Å². The summed E-state index contributed by atoms with van der Waals surface area (Å²) in [7, 11) is 0. The van der Waals surface area contributed by atoms with Crippen molar-refractivity contribution in [3.8, 4) is 0 Å². The van der Waals surface area contributed by atoms with Crippen LogP contribution in [0.2, 0.25) is 0 Å². The second kappa shape index (κ2) is 5.39. The fraction of sp³-hybridized carbons (Fsp3) is 0.857. The fourth-order valence-electron chi connectivity index (χ4n) is 3.31. The number of aromatic nitrogens is 2. The molecule has 100 valence electrons. The minimum absolute atomic E-state index is 0.0728. The van der Waals surface area contributed by atoms with E-state index in [0.29, 0.717) is 11.8 Å². The highest BCUT2D eigenvalue weighted by Gasteiger charge is 2.30. The Kier molecular flexibility index (Phi) is 3.64. The van der Waals surface area contributed by atoms with Gasteiger partial charge in [0.2, 0.25) is 11.8 Å². The normalized spacial score (nSPS) is 30.5. The van der Waals surface area contributed by atoms with E-state index in [1.165, 1.54) is 32.1 Å². The third-order valence-electron chi connectivity index (χ3n) is 4.46. The van der Waals surface area contributed by atoms with Crippen molar-refractivity contribution in [3.05, 3.63) is 11.8 Å². The Balaban J connectivity index is 1.71. The number of hydrogen-bond acceptors (Lipinski definition) is 4. The van der Waals surface area contributed by atoms with Crippen molar-refractivity contribution >= 4 is 0 Å².